The topological polar surface area (TPSA) is 307 Å². The zero-order chi connectivity index (χ0) is 78.1. The Bertz CT molecular complexity index is 2520. The van der Waals surface area contributed by atoms with Gasteiger partial charge in [0.15, 0.2) is 18.9 Å². The first-order valence-electron chi connectivity index (χ1n) is 42.1. The Morgan fingerprint density at radius 1 is 0.343 bits per heavy atom. The van der Waals surface area contributed by atoms with Crippen molar-refractivity contribution in [2.75, 3.05) is 26.4 Å². The zero-order valence-electron chi connectivity index (χ0n) is 66.3. The quantitative estimate of drug-likeness (QED) is 0.0199. The molecular formula is C89H149NO18. The second-order valence-electron chi connectivity index (χ2n) is 29.2. The van der Waals surface area contributed by atoms with Gasteiger partial charge in [-0.25, -0.2) is 0 Å². The van der Waals surface area contributed by atoms with Gasteiger partial charge in [-0.05, 0) is 103 Å². The number of amides is 1. The summed E-state index contributed by atoms with van der Waals surface area (Å²) in [6, 6.07) is -0.924. The van der Waals surface area contributed by atoms with Gasteiger partial charge in [0.05, 0.1) is 38.6 Å². The van der Waals surface area contributed by atoms with Crippen molar-refractivity contribution in [1.29, 1.82) is 0 Å². The fourth-order valence-corrected chi connectivity index (χ4v) is 13.2. The van der Waals surface area contributed by atoms with Gasteiger partial charge in [0.2, 0.25) is 5.91 Å². The van der Waals surface area contributed by atoms with E-state index in [0.29, 0.717) is 19.3 Å². The van der Waals surface area contributed by atoms with E-state index < -0.39 is 124 Å². The summed E-state index contributed by atoms with van der Waals surface area (Å²) in [5.74, 6) is -0.288. The van der Waals surface area contributed by atoms with Gasteiger partial charge in [-0.1, -0.05) is 314 Å². The first kappa shape index (κ1) is 97.9. The molecule has 0 aromatic carbocycles. The molecule has 3 fully saturated rings. The molecule has 17 atom stereocenters. The van der Waals surface area contributed by atoms with E-state index >= 15 is 0 Å². The number of carbonyl (C=O) groups excluding carboxylic acids is 1. The molecule has 0 aromatic heterocycles. The predicted octanol–water partition coefficient (Wildman–Crippen LogP) is 15.0. The first-order chi connectivity index (χ1) is 52.8. The lowest BCUT2D eigenvalue weighted by Gasteiger charge is -2.48. The largest absolute Gasteiger partial charge is 0.394 e. The maximum atomic E-state index is 13.5. The summed E-state index contributed by atoms with van der Waals surface area (Å²) < 4.78 is 34.5. The minimum Gasteiger partial charge on any atom is -0.394 e. The fraction of sp³-hybridized carbons (Fsp3) is 0.719. The summed E-state index contributed by atoms with van der Waals surface area (Å²) in [5.41, 5.74) is 0. The van der Waals surface area contributed by atoms with E-state index in [0.717, 1.165) is 109 Å². The van der Waals surface area contributed by atoms with Crippen LogP contribution < -0.4 is 5.32 Å². The van der Waals surface area contributed by atoms with Crippen molar-refractivity contribution < 1.29 is 89.4 Å². The third-order valence-electron chi connectivity index (χ3n) is 19.9. The van der Waals surface area contributed by atoms with Crippen molar-refractivity contribution in [3.63, 3.8) is 0 Å². The number of carbonyl (C=O) groups is 1. The van der Waals surface area contributed by atoms with Gasteiger partial charge in [0.1, 0.15) is 73.2 Å². The molecule has 618 valence electrons. The van der Waals surface area contributed by atoms with E-state index in [1.807, 2.05) is 0 Å². The molecular weight excluding hydrogens is 1370 g/mol. The third kappa shape index (κ3) is 46.0. The number of nitrogens with one attached hydrogen (secondary N) is 1. The lowest BCUT2D eigenvalue weighted by Crippen LogP contribution is -2.66. The van der Waals surface area contributed by atoms with Gasteiger partial charge in [-0.3, -0.25) is 4.79 Å². The molecule has 0 bridgehead atoms. The van der Waals surface area contributed by atoms with Crippen LogP contribution in [0.3, 0.4) is 0 Å². The normalized spacial score (nSPS) is 26.2. The van der Waals surface area contributed by atoms with Crippen LogP contribution in [0.25, 0.3) is 0 Å². The number of allylic oxidation sites excluding steroid dienone is 24. The zero-order valence-corrected chi connectivity index (χ0v) is 66.3. The van der Waals surface area contributed by atoms with Gasteiger partial charge in [0, 0.05) is 6.42 Å². The van der Waals surface area contributed by atoms with Crippen molar-refractivity contribution in [2.24, 2.45) is 0 Å². The predicted molar refractivity (Wildman–Crippen MR) is 433 cm³/mol. The molecule has 3 saturated heterocycles. The summed E-state index contributed by atoms with van der Waals surface area (Å²) in [7, 11) is 0. The maximum Gasteiger partial charge on any atom is 0.220 e. The van der Waals surface area contributed by atoms with Crippen LogP contribution in [0.2, 0.25) is 0 Å². The number of hydrogen-bond donors (Lipinski definition) is 12. The molecule has 0 radical (unpaired) electrons. The molecule has 1 amide bonds. The van der Waals surface area contributed by atoms with E-state index in [-0.39, 0.29) is 18.9 Å². The highest BCUT2D eigenvalue weighted by Gasteiger charge is 2.54. The molecule has 108 heavy (non-hydrogen) atoms. The lowest BCUT2D eigenvalue weighted by molar-refractivity contribution is -0.379. The molecule has 19 nitrogen and oxygen atoms in total. The Morgan fingerprint density at radius 2 is 0.639 bits per heavy atom. The van der Waals surface area contributed by atoms with Crippen molar-refractivity contribution in [2.45, 2.75) is 381 Å². The van der Waals surface area contributed by atoms with Gasteiger partial charge in [0.25, 0.3) is 0 Å². The minimum atomic E-state index is -1.99. The molecule has 0 spiro atoms. The van der Waals surface area contributed by atoms with E-state index in [4.69, 9.17) is 28.4 Å². The van der Waals surface area contributed by atoms with E-state index in [9.17, 15) is 61.0 Å². The fourth-order valence-electron chi connectivity index (χ4n) is 13.2. The number of ether oxygens (including phenoxy) is 6. The Hall–Kier alpha value is -4.33. The molecule has 0 aromatic rings. The summed E-state index contributed by atoms with van der Waals surface area (Å²) in [6.45, 7) is 1.67. The SMILES string of the molecule is CC/C=C\C/C=C\C/C=C\C/C=C\C/C=C\C/C=C\C/C=C\C/C=C\C/C=C\C/C=C\C/C=C\C/C=C\CCCCC(=O)NC(COC1OC(CO)C(OC2OC(CO)C(OC3OC(CO)C(O)C(O)C3O)C(O)C2O)C(O)C1O)C(O)CCCCCCCCCCCCCCCCCCCCCCCCCC. The van der Waals surface area contributed by atoms with Crippen LogP contribution in [0.15, 0.2) is 146 Å². The Balaban J connectivity index is 1.37. The van der Waals surface area contributed by atoms with Crippen LogP contribution in [-0.2, 0) is 33.2 Å². The van der Waals surface area contributed by atoms with Crippen LogP contribution >= 0.6 is 0 Å². The van der Waals surface area contributed by atoms with Gasteiger partial charge in [-0.15, -0.1) is 0 Å². The highest BCUT2D eigenvalue weighted by molar-refractivity contribution is 5.76. The van der Waals surface area contributed by atoms with Gasteiger partial charge >= 0.3 is 0 Å². The second kappa shape index (κ2) is 67.2. The smallest absolute Gasteiger partial charge is 0.220 e. The van der Waals surface area contributed by atoms with Crippen LogP contribution in [0.1, 0.15) is 277 Å². The van der Waals surface area contributed by atoms with E-state index in [1.54, 1.807) is 0 Å². The van der Waals surface area contributed by atoms with E-state index in [1.165, 1.54) is 128 Å². The summed E-state index contributed by atoms with van der Waals surface area (Å²) in [6.07, 6.45) is 70.7. The molecule has 0 aliphatic carbocycles. The number of rotatable bonds is 65. The molecule has 3 rings (SSSR count). The van der Waals surface area contributed by atoms with Gasteiger partial charge in [-0.2, -0.15) is 0 Å². The van der Waals surface area contributed by atoms with Crippen molar-refractivity contribution in [3.8, 4) is 0 Å². The molecule has 17 unspecified atom stereocenters. The van der Waals surface area contributed by atoms with Crippen LogP contribution in [0.4, 0.5) is 0 Å². The van der Waals surface area contributed by atoms with Crippen molar-refractivity contribution in [1.82, 2.24) is 5.32 Å². The van der Waals surface area contributed by atoms with Gasteiger partial charge < -0.3 is 89.9 Å². The molecule has 3 heterocycles. The molecule has 3 aliphatic heterocycles. The number of aliphatic hydroxyl groups excluding tert-OH is 11. The number of unbranched alkanes of at least 4 members (excludes halogenated alkanes) is 25. The van der Waals surface area contributed by atoms with Crippen molar-refractivity contribution in [3.05, 3.63) is 146 Å². The average Bonchev–Trinajstić information content (AvgIpc) is 0.775. The monoisotopic (exact) mass is 1520 g/mol. The first-order valence-corrected chi connectivity index (χ1v) is 42.1. The Kier molecular flexibility index (Phi) is 60.9. The number of hydrogen-bond acceptors (Lipinski definition) is 18. The summed E-state index contributed by atoms with van der Waals surface area (Å²) >= 11 is 0. The van der Waals surface area contributed by atoms with E-state index in [2.05, 4.69) is 165 Å². The molecule has 19 heteroatoms. The average molecular weight is 1520 g/mol. The Labute approximate surface area is 651 Å². The highest BCUT2D eigenvalue weighted by atomic mass is 16.8. The highest BCUT2D eigenvalue weighted by Crippen LogP contribution is 2.33. The molecule has 0 saturated carbocycles. The van der Waals surface area contributed by atoms with Crippen LogP contribution in [0.5, 0.6) is 0 Å². The summed E-state index contributed by atoms with van der Waals surface area (Å²) in [5, 5.41) is 121. The standard InChI is InChI=1S/C89H149NO18/c1-3-5-7-9-11-13-15-17-19-21-23-25-27-29-30-31-32-33-34-35-36-37-38-39-40-41-42-43-45-47-49-51-53-55-57-59-61-63-65-67-77(95)90-72(73(94)66-64-62-60-58-56-54-52-50-48-46-44-28-26-24-22-20-18-16-14-12-10-8-6-4-2)71-103-87-83(101)80(98)85(75(69-92)105-87)108-89-84(102)81(99)86(76(70-93)106-89)107-88-82(100)79(97)78(96)74(68-91)104-88/h5,7,11,13,17,19,23,25,29-30,32-33,35-36,38-39,41-42,45,47,51,53,57,59,72-76,78-89,91-94,96-102H,3-4,6,8-10,12,14-16,18,20-22,24,26-28,31,34,37,40,43-44,46,48-50,52,54-56,58,60-71H2,1-2H3,(H,90,95)/b7-5-,13-11-,19-17-,25-23-,30-29-,33-32-,36-35-,39-38-,42-41-,47-45-,53-51-,59-57-. The molecule has 3 aliphatic rings. The molecule has 12 N–H and O–H groups in total. The number of aliphatic hydroxyl groups is 11. The summed E-state index contributed by atoms with van der Waals surface area (Å²) in [4.78, 5) is 13.5. The lowest BCUT2D eigenvalue weighted by atomic mass is 9.96. The second-order valence-corrected chi connectivity index (χ2v) is 29.2. The Morgan fingerprint density at radius 3 is 0.981 bits per heavy atom. The van der Waals surface area contributed by atoms with Crippen molar-refractivity contribution >= 4 is 5.91 Å². The van der Waals surface area contributed by atoms with Crippen LogP contribution in [-0.4, -0.2) is 193 Å². The van der Waals surface area contributed by atoms with Crippen LogP contribution in [0, 0.1) is 0 Å². The third-order valence-corrected chi connectivity index (χ3v) is 19.9. The maximum absolute atomic E-state index is 13.5. The minimum absolute atomic E-state index is 0.202.